The molecule has 2 saturated heterocycles. The van der Waals surface area contributed by atoms with E-state index in [-0.39, 0.29) is 18.2 Å². The molecule has 2 aliphatic rings. The summed E-state index contributed by atoms with van der Waals surface area (Å²) in [4.78, 5) is 20.7. The van der Waals surface area contributed by atoms with E-state index in [1.54, 1.807) is 6.07 Å². The Morgan fingerprint density at radius 2 is 2.09 bits per heavy atom. The fourth-order valence-electron chi connectivity index (χ4n) is 3.08. The lowest BCUT2D eigenvalue weighted by Crippen LogP contribution is -2.50. The van der Waals surface area contributed by atoms with Gasteiger partial charge in [-0.15, -0.1) is 0 Å². The summed E-state index contributed by atoms with van der Waals surface area (Å²) in [5, 5.41) is 0.477. The van der Waals surface area contributed by atoms with Gasteiger partial charge in [-0.25, -0.2) is 9.78 Å². The van der Waals surface area contributed by atoms with Crippen LogP contribution >= 0.6 is 27.5 Å². The summed E-state index contributed by atoms with van der Waals surface area (Å²) in [6.45, 7) is 7.09. The summed E-state index contributed by atoms with van der Waals surface area (Å²) in [6.07, 6.45) is 0.720. The number of fused-ring (bicyclic) bond motifs is 2. The number of carbonyl (C=O) groups excluding carboxylic acids is 1. The van der Waals surface area contributed by atoms with Gasteiger partial charge in [0.2, 0.25) is 0 Å². The number of likely N-dealkylation sites (tertiary alicyclic amines) is 1. The Kier molecular flexibility index (Phi) is 4.01. The minimum absolute atomic E-state index is 0.174. The van der Waals surface area contributed by atoms with Crippen LogP contribution in [0.4, 0.5) is 10.6 Å². The second-order valence-corrected chi connectivity index (χ2v) is 8.01. The van der Waals surface area contributed by atoms with Crippen LogP contribution in [-0.2, 0) is 4.74 Å². The van der Waals surface area contributed by atoms with Gasteiger partial charge in [-0.05, 0) is 55.3 Å². The highest BCUT2D eigenvalue weighted by molar-refractivity contribution is 9.10. The van der Waals surface area contributed by atoms with E-state index < -0.39 is 5.60 Å². The van der Waals surface area contributed by atoms with Gasteiger partial charge < -0.3 is 14.5 Å². The minimum atomic E-state index is -0.462. The molecule has 0 unspecified atom stereocenters. The maximum absolute atomic E-state index is 12.3. The first-order valence-electron chi connectivity index (χ1n) is 7.33. The van der Waals surface area contributed by atoms with Crippen molar-refractivity contribution in [1.29, 1.82) is 0 Å². The number of anilines is 1. The van der Waals surface area contributed by atoms with E-state index in [9.17, 15) is 4.79 Å². The number of pyridine rings is 1. The molecule has 0 N–H and O–H groups in total. The van der Waals surface area contributed by atoms with E-state index in [1.165, 1.54) is 0 Å². The van der Waals surface area contributed by atoms with Crippen molar-refractivity contribution in [3.8, 4) is 0 Å². The highest BCUT2D eigenvalue weighted by atomic mass is 79.9. The van der Waals surface area contributed by atoms with Gasteiger partial charge in [0, 0.05) is 13.1 Å². The van der Waals surface area contributed by atoms with E-state index in [4.69, 9.17) is 16.3 Å². The van der Waals surface area contributed by atoms with E-state index in [1.807, 2.05) is 31.7 Å². The van der Waals surface area contributed by atoms with E-state index >= 15 is 0 Å². The van der Waals surface area contributed by atoms with Crippen LogP contribution in [0, 0.1) is 0 Å². The fraction of sp³-hybridized carbons (Fsp3) is 0.600. The van der Waals surface area contributed by atoms with E-state index in [0.29, 0.717) is 11.7 Å². The molecule has 3 heterocycles. The molecule has 7 heteroatoms. The van der Waals surface area contributed by atoms with Gasteiger partial charge >= 0.3 is 6.09 Å². The lowest BCUT2D eigenvalue weighted by Gasteiger charge is -2.36. The third-order valence-corrected chi connectivity index (χ3v) is 4.76. The second kappa shape index (κ2) is 5.57. The molecule has 0 aromatic carbocycles. The molecule has 2 atom stereocenters. The largest absolute Gasteiger partial charge is 0.444 e. The Hall–Kier alpha value is -1.01. The maximum Gasteiger partial charge on any atom is 0.410 e. The second-order valence-electron chi connectivity index (χ2n) is 6.77. The van der Waals surface area contributed by atoms with Crippen LogP contribution in [-0.4, -0.2) is 46.8 Å². The van der Waals surface area contributed by atoms with Crippen LogP contribution in [0.25, 0.3) is 0 Å². The molecular formula is C15H19BrClN3O2. The van der Waals surface area contributed by atoms with Crippen LogP contribution < -0.4 is 4.90 Å². The van der Waals surface area contributed by atoms with Crippen LogP contribution in [0.3, 0.4) is 0 Å². The average molecular weight is 389 g/mol. The number of carbonyl (C=O) groups is 1. The summed E-state index contributed by atoms with van der Waals surface area (Å²) in [5.74, 6) is 0.851. The SMILES string of the molecule is CC(C)(C)OC(=O)N1C[C@@H]2C[C@H]1CN2c1nc(Cl)ccc1Br. The van der Waals surface area contributed by atoms with E-state index in [2.05, 4.69) is 25.8 Å². The van der Waals surface area contributed by atoms with Crippen molar-refractivity contribution in [3.63, 3.8) is 0 Å². The van der Waals surface area contributed by atoms with Gasteiger partial charge in [-0.3, -0.25) is 0 Å². The Labute approximate surface area is 143 Å². The van der Waals surface area contributed by atoms with Crippen molar-refractivity contribution in [2.24, 2.45) is 0 Å². The van der Waals surface area contributed by atoms with E-state index in [0.717, 1.165) is 23.3 Å². The lowest BCUT2D eigenvalue weighted by molar-refractivity contribution is 0.0214. The van der Waals surface area contributed by atoms with Crippen LogP contribution in [0.2, 0.25) is 5.15 Å². The molecule has 1 aromatic rings. The molecule has 0 aliphatic carbocycles. The molecule has 0 spiro atoms. The number of amides is 1. The van der Waals surface area contributed by atoms with Gasteiger partial charge in [0.1, 0.15) is 16.6 Å². The highest BCUT2D eigenvalue weighted by Crippen LogP contribution is 2.37. The number of hydrogen-bond acceptors (Lipinski definition) is 4. The summed E-state index contributed by atoms with van der Waals surface area (Å²) in [6, 6.07) is 4.10. The first-order chi connectivity index (χ1) is 10.2. The van der Waals surface area contributed by atoms with Gasteiger partial charge in [0.15, 0.2) is 0 Å². The average Bonchev–Trinajstić information content (AvgIpc) is 2.99. The van der Waals surface area contributed by atoms with Gasteiger partial charge in [-0.1, -0.05) is 11.6 Å². The Morgan fingerprint density at radius 1 is 1.36 bits per heavy atom. The molecule has 22 heavy (non-hydrogen) atoms. The summed E-state index contributed by atoms with van der Waals surface area (Å²) < 4.78 is 6.40. The topological polar surface area (TPSA) is 45.7 Å². The molecule has 120 valence electrons. The molecular weight excluding hydrogens is 370 g/mol. The third-order valence-electron chi connectivity index (χ3n) is 3.93. The maximum atomic E-state index is 12.3. The van der Waals surface area contributed by atoms with Crippen molar-refractivity contribution in [2.75, 3.05) is 18.0 Å². The molecule has 1 amide bonds. The number of halogens is 2. The van der Waals surface area contributed by atoms with Crippen molar-refractivity contribution >= 4 is 39.4 Å². The number of hydrogen-bond donors (Lipinski definition) is 0. The third kappa shape index (κ3) is 3.04. The number of ether oxygens (including phenoxy) is 1. The first kappa shape index (κ1) is 15.9. The summed E-state index contributed by atoms with van der Waals surface area (Å²) >= 11 is 9.53. The zero-order valence-corrected chi connectivity index (χ0v) is 15.2. The quantitative estimate of drug-likeness (QED) is 0.688. The molecule has 3 rings (SSSR count). The zero-order chi connectivity index (χ0) is 16.1. The van der Waals surface area contributed by atoms with Crippen LogP contribution in [0.15, 0.2) is 16.6 Å². The molecule has 5 nitrogen and oxygen atoms in total. The smallest absolute Gasteiger partial charge is 0.410 e. The van der Waals surface area contributed by atoms with Crippen LogP contribution in [0.1, 0.15) is 27.2 Å². The van der Waals surface area contributed by atoms with Crippen molar-refractivity contribution in [3.05, 3.63) is 21.8 Å². The predicted molar refractivity (Wildman–Crippen MR) is 89.4 cm³/mol. The van der Waals surface area contributed by atoms with Crippen molar-refractivity contribution in [2.45, 2.75) is 44.9 Å². The minimum Gasteiger partial charge on any atom is -0.444 e. The van der Waals surface area contributed by atoms with Crippen molar-refractivity contribution in [1.82, 2.24) is 9.88 Å². The Morgan fingerprint density at radius 3 is 2.68 bits per heavy atom. The fourth-order valence-corrected chi connectivity index (χ4v) is 3.67. The van der Waals surface area contributed by atoms with Crippen molar-refractivity contribution < 1.29 is 9.53 Å². The predicted octanol–water partition coefficient (Wildman–Crippen LogP) is 3.70. The molecule has 2 aliphatic heterocycles. The van der Waals surface area contributed by atoms with Gasteiger partial charge in [0.05, 0.1) is 16.6 Å². The standard InChI is InChI=1S/C15H19BrClN3O2/c1-15(2,3)22-14(21)20-8-9-6-10(20)7-19(9)13-11(16)4-5-12(17)18-13/h4-5,9-10H,6-8H2,1-3H3/t9-,10-/m0/s1. The number of nitrogens with zero attached hydrogens (tertiary/aromatic N) is 3. The monoisotopic (exact) mass is 387 g/mol. The molecule has 2 bridgehead atoms. The highest BCUT2D eigenvalue weighted by Gasteiger charge is 2.47. The Bertz CT molecular complexity index is 605. The normalized spacial score (nSPS) is 24.0. The zero-order valence-electron chi connectivity index (χ0n) is 12.8. The van der Waals surface area contributed by atoms with Gasteiger partial charge in [0.25, 0.3) is 0 Å². The lowest BCUT2D eigenvalue weighted by atomic mass is 10.2. The van der Waals surface area contributed by atoms with Gasteiger partial charge in [-0.2, -0.15) is 0 Å². The number of rotatable bonds is 1. The first-order valence-corrected chi connectivity index (χ1v) is 8.50. The molecule has 0 radical (unpaired) electrons. The number of aromatic nitrogens is 1. The van der Waals surface area contributed by atoms with Crippen LogP contribution in [0.5, 0.6) is 0 Å². The number of piperazine rings is 1. The molecule has 0 saturated carbocycles. The molecule has 2 fully saturated rings. The summed E-state index contributed by atoms with van der Waals surface area (Å²) in [5.41, 5.74) is -0.462. The Balaban J connectivity index is 1.72. The summed E-state index contributed by atoms with van der Waals surface area (Å²) in [7, 11) is 0. The molecule has 1 aromatic heterocycles.